The summed E-state index contributed by atoms with van der Waals surface area (Å²) in [5, 5.41) is 3.67. The van der Waals surface area contributed by atoms with E-state index in [1.807, 2.05) is 24.3 Å². The first-order chi connectivity index (χ1) is 10.3. The van der Waals surface area contributed by atoms with Crippen LogP contribution in [0.3, 0.4) is 0 Å². The Morgan fingerprint density at radius 1 is 1.36 bits per heavy atom. The molecule has 1 aromatic heterocycles. The Hall–Kier alpha value is -1.02. The molecule has 1 heterocycles. The van der Waals surface area contributed by atoms with E-state index in [2.05, 4.69) is 26.1 Å². The van der Waals surface area contributed by atoms with Crippen LogP contribution in [0, 0.1) is 0 Å². The maximum absolute atomic E-state index is 11.1. The molecule has 10 heteroatoms. The average Bonchev–Trinajstić information content (AvgIpc) is 2.89. The predicted molar refractivity (Wildman–Crippen MR) is 84.8 cm³/mol. The molecule has 0 fully saturated rings. The minimum Gasteiger partial charge on any atom is -0.438 e. The van der Waals surface area contributed by atoms with Gasteiger partial charge in [0, 0.05) is 10.9 Å². The van der Waals surface area contributed by atoms with Gasteiger partial charge in [0.2, 0.25) is 5.82 Å². The van der Waals surface area contributed by atoms with Crippen LogP contribution in [0.25, 0.3) is 0 Å². The largest absolute Gasteiger partial charge is 0.438 e. The number of hydrogen-bond acceptors (Lipinski definition) is 5. The van der Waals surface area contributed by atoms with E-state index in [1.54, 1.807) is 0 Å². The number of aromatic nitrogens is 2. The fraction of sp³-hybridized carbons (Fsp3) is 0.250. The molecule has 0 saturated heterocycles. The molecule has 1 aromatic carbocycles. The quantitative estimate of drug-likeness (QED) is 0.741. The molecule has 1 amide bonds. The normalized spacial score (nSPS) is 12.9. The Labute approximate surface area is 149 Å². The summed E-state index contributed by atoms with van der Waals surface area (Å²) in [6.07, 6.45) is -1.54. The van der Waals surface area contributed by atoms with Crippen molar-refractivity contribution >= 4 is 56.8 Å². The summed E-state index contributed by atoms with van der Waals surface area (Å²) in [4.78, 5) is 15.0. The van der Waals surface area contributed by atoms with Gasteiger partial charge in [-0.2, -0.15) is 4.98 Å². The number of alkyl halides is 3. The van der Waals surface area contributed by atoms with Crippen LogP contribution in [0.15, 0.2) is 33.3 Å². The molecule has 2 rings (SSSR count). The van der Waals surface area contributed by atoms with Crippen molar-refractivity contribution in [3.63, 3.8) is 0 Å². The van der Waals surface area contributed by atoms with Gasteiger partial charge < -0.3 is 15.0 Å². The van der Waals surface area contributed by atoms with Crippen LogP contribution in [0.5, 0.6) is 0 Å². The first-order valence-corrected chi connectivity index (χ1v) is 7.79. The number of nitrogens with two attached hydrogens (primary N) is 1. The number of benzene rings is 1. The monoisotopic (exact) mass is 427 g/mol. The van der Waals surface area contributed by atoms with Gasteiger partial charge >= 0.3 is 6.09 Å². The van der Waals surface area contributed by atoms with Crippen LogP contribution in [0.1, 0.15) is 23.4 Å². The van der Waals surface area contributed by atoms with Crippen LogP contribution in [-0.2, 0) is 15.0 Å². The highest BCUT2D eigenvalue weighted by Crippen LogP contribution is 2.37. The fourth-order valence-electron chi connectivity index (χ4n) is 1.64. The molecule has 1 atom stereocenters. The van der Waals surface area contributed by atoms with Crippen molar-refractivity contribution < 1.29 is 14.1 Å². The van der Waals surface area contributed by atoms with Gasteiger partial charge in [-0.25, -0.2) is 4.79 Å². The molecule has 0 saturated carbocycles. The van der Waals surface area contributed by atoms with E-state index in [-0.39, 0.29) is 18.1 Å². The van der Waals surface area contributed by atoms with E-state index in [0.717, 1.165) is 10.0 Å². The fourth-order valence-corrected chi connectivity index (χ4v) is 2.14. The highest BCUT2D eigenvalue weighted by atomic mass is 79.9. The van der Waals surface area contributed by atoms with Crippen molar-refractivity contribution in [1.29, 1.82) is 0 Å². The lowest BCUT2D eigenvalue weighted by Gasteiger charge is -2.13. The molecule has 2 aromatic rings. The second kappa shape index (κ2) is 7.04. The van der Waals surface area contributed by atoms with Crippen molar-refractivity contribution in [3.8, 4) is 0 Å². The Balaban J connectivity index is 2.24. The maximum Gasteiger partial charge on any atom is 0.405 e. The van der Waals surface area contributed by atoms with Crippen LogP contribution >= 0.6 is 50.7 Å². The first-order valence-electron chi connectivity index (χ1n) is 5.87. The molecule has 0 aliphatic rings. The summed E-state index contributed by atoms with van der Waals surface area (Å²) in [6.45, 7) is 0. The van der Waals surface area contributed by atoms with Gasteiger partial charge in [0.25, 0.3) is 9.68 Å². The van der Waals surface area contributed by atoms with E-state index in [9.17, 15) is 4.79 Å². The zero-order chi connectivity index (χ0) is 16.3. The minimum atomic E-state index is -1.86. The number of rotatable bonds is 4. The van der Waals surface area contributed by atoms with Crippen LogP contribution in [-0.4, -0.2) is 16.2 Å². The lowest BCUT2D eigenvalue weighted by molar-refractivity contribution is 0.0999. The molecule has 2 N–H and O–H groups in total. The number of carbonyl (C=O) groups is 1. The number of nitrogens with zero attached hydrogens (tertiary/aromatic N) is 2. The van der Waals surface area contributed by atoms with E-state index in [4.69, 9.17) is 49.8 Å². The van der Waals surface area contributed by atoms with Crippen molar-refractivity contribution in [2.45, 2.75) is 16.3 Å². The molecule has 0 bridgehead atoms. The van der Waals surface area contributed by atoms with Crippen LogP contribution < -0.4 is 5.73 Å². The standard InChI is InChI=1S/C12H9BrCl3N3O3/c13-7-3-1-6(2-4-7)5-8(21-11(17)20)9-18-10(22-19-9)12(14,15)16/h1-4,8H,5H2,(H2,17,20). The minimum absolute atomic E-state index is 0.0584. The zero-order valence-electron chi connectivity index (χ0n) is 10.8. The van der Waals surface area contributed by atoms with E-state index >= 15 is 0 Å². The summed E-state index contributed by atoms with van der Waals surface area (Å²) >= 11 is 20.3. The molecule has 1 unspecified atom stereocenters. The van der Waals surface area contributed by atoms with E-state index in [0.29, 0.717) is 0 Å². The van der Waals surface area contributed by atoms with E-state index in [1.165, 1.54) is 0 Å². The van der Waals surface area contributed by atoms with Gasteiger partial charge in [-0.05, 0) is 17.7 Å². The number of amides is 1. The molecular weight excluding hydrogens is 420 g/mol. The molecule has 0 aliphatic heterocycles. The topological polar surface area (TPSA) is 91.2 Å². The Kier molecular flexibility index (Phi) is 5.55. The molecule has 0 aliphatic carbocycles. The molecule has 0 radical (unpaired) electrons. The Morgan fingerprint density at radius 2 is 2.00 bits per heavy atom. The SMILES string of the molecule is NC(=O)OC(Cc1ccc(Br)cc1)c1noc(C(Cl)(Cl)Cl)n1. The maximum atomic E-state index is 11.1. The second-order valence-electron chi connectivity index (χ2n) is 4.21. The van der Waals surface area contributed by atoms with Crippen LogP contribution in [0.4, 0.5) is 4.79 Å². The molecule has 6 nitrogen and oxygen atoms in total. The van der Waals surface area contributed by atoms with Gasteiger partial charge in [-0.1, -0.05) is 68.0 Å². The number of ether oxygens (including phenoxy) is 1. The number of carbonyl (C=O) groups excluding carboxylic acids is 1. The molecule has 22 heavy (non-hydrogen) atoms. The van der Waals surface area contributed by atoms with Crippen LogP contribution in [0.2, 0.25) is 0 Å². The summed E-state index contributed by atoms with van der Waals surface area (Å²) in [5.41, 5.74) is 5.94. The second-order valence-corrected chi connectivity index (χ2v) is 7.41. The smallest absolute Gasteiger partial charge is 0.405 e. The summed E-state index contributed by atoms with van der Waals surface area (Å²) in [5.74, 6) is -0.163. The zero-order valence-corrected chi connectivity index (χ0v) is 14.7. The number of primary amides is 1. The number of hydrogen-bond donors (Lipinski definition) is 1. The Morgan fingerprint density at radius 3 is 2.50 bits per heavy atom. The molecule has 118 valence electrons. The third-order valence-corrected chi connectivity index (χ3v) is 3.58. The van der Waals surface area contributed by atoms with Gasteiger partial charge in [0.05, 0.1) is 0 Å². The van der Waals surface area contributed by atoms with Gasteiger partial charge in [0.15, 0.2) is 6.10 Å². The van der Waals surface area contributed by atoms with Crippen molar-refractivity contribution in [2.75, 3.05) is 0 Å². The average molecular weight is 429 g/mol. The summed E-state index contributed by atoms with van der Waals surface area (Å²) < 4.78 is 8.92. The summed E-state index contributed by atoms with van der Waals surface area (Å²) in [7, 11) is 0. The molecule has 0 spiro atoms. The van der Waals surface area contributed by atoms with E-state index < -0.39 is 16.0 Å². The predicted octanol–water partition coefficient (Wildman–Crippen LogP) is 4.04. The van der Waals surface area contributed by atoms with Gasteiger partial charge in [-0.15, -0.1) is 0 Å². The summed E-state index contributed by atoms with van der Waals surface area (Å²) in [6, 6.07) is 7.38. The van der Waals surface area contributed by atoms with Crippen molar-refractivity contribution in [3.05, 3.63) is 46.0 Å². The van der Waals surface area contributed by atoms with Gasteiger partial charge in [0.1, 0.15) is 0 Å². The lowest BCUT2D eigenvalue weighted by atomic mass is 10.1. The van der Waals surface area contributed by atoms with Gasteiger partial charge in [-0.3, -0.25) is 0 Å². The first kappa shape index (κ1) is 17.3. The lowest BCUT2D eigenvalue weighted by Crippen LogP contribution is -2.20. The number of halogens is 4. The highest BCUT2D eigenvalue weighted by molar-refractivity contribution is 9.10. The highest BCUT2D eigenvalue weighted by Gasteiger charge is 2.33. The van der Waals surface area contributed by atoms with Crippen molar-refractivity contribution in [1.82, 2.24) is 10.1 Å². The third-order valence-electron chi connectivity index (χ3n) is 2.56. The molecular formula is C12H9BrCl3N3O3. The van der Waals surface area contributed by atoms with Crippen molar-refractivity contribution in [2.24, 2.45) is 5.73 Å². The third kappa shape index (κ3) is 4.74. The Bertz CT molecular complexity index is 658.